The minimum atomic E-state index is -0.754. The van der Waals surface area contributed by atoms with E-state index in [1.165, 1.54) is 37.8 Å². The molecule has 0 aromatic heterocycles. The van der Waals surface area contributed by atoms with Crippen molar-refractivity contribution in [1.29, 1.82) is 0 Å². The van der Waals surface area contributed by atoms with E-state index in [0.717, 1.165) is 11.8 Å². The van der Waals surface area contributed by atoms with E-state index in [0.29, 0.717) is 16.7 Å². The molecule has 0 radical (unpaired) electrons. The first-order valence-electron chi connectivity index (χ1n) is 7.99. The highest BCUT2D eigenvalue weighted by molar-refractivity contribution is 7.80. The van der Waals surface area contributed by atoms with Gasteiger partial charge in [-0.3, -0.25) is 10.1 Å². The van der Waals surface area contributed by atoms with Crippen molar-refractivity contribution in [1.82, 2.24) is 10.6 Å². The Bertz CT molecular complexity index is 593. The monoisotopic (exact) mass is 335 g/mol. The molecular formula is C16H21N3O3S. The van der Waals surface area contributed by atoms with E-state index in [2.05, 4.69) is 10.6 Å². The largest absolute Gasteiger partial charge is 0.387 e. The van der Waals surface area contributed by atoms with Crippen LogP contribution in [0.1, 0.15) is 37.4 Å². The molecule has 3 rings (SSSR count). The SMILES string of the molecule is O=[N+]([O-])c1ccc([C@H](O)CNC(=S)N[C@H]2C[C@H]3CC[C@H]2C3)cc1. The first kappa shape index (κ1) is 16.1. The van der Waals surface area contributed by atoms with Crippen LogP contribution >= 0.6 is 12.2 Å². The highest BCUT2D eigenvalue weighted by Crippen LogP contribution is 2.44. The van der Waals surface area contributed by atoms with Gasteiger partial charge >= 0.3 is 0 Å². The number of hydrogen-bond acceptors (Lipinski definition) is 4. The number of aliphatic hydroxyl groups excluding tert-OH is 1. The third kappa shape index (κ3) is 3.79. The fraction of sp³-hybridized carbons (Fsp3) is 0.562. The number of hydrogen-bond donors (Lipinski definition) is 3. The molecule has 4 atom stereocenters. The highest BCUT2D eigenvalue weighted by Gasteiger charge is 2.39. The Balaban J connectivity index is 1.45. The van der Waals surface area contributed by atoms with Gasteiger partial charge in [0.05, 0.1) is 11.0 Å². The summed E-state index contributed by atoms with van der Waals surface area (Å²) in [5.41, 5.74) is 0.646. The van der Waals surface area contributed by atoms with Crippen molar-refractivity contribution in [3.05, 3.63) is 39.9 Å². The van der Waals surface area contributed by atoms with Gasteiger partial charge in [-0.15, -0.1) is 0 Å². The summed E-state index contributed by atoms with van der Waals surface area (Å²) in [6.45, 7) is 0.282. The van der Waals surface area contributed by atoms with Crippen LogP contribution in [0.25, 0.3) is 0 Å². The van der Waals surface area contributed by atoms with Crippen LogP contribution in [0.15, 0.2) is 24.3 Å². The lowest BCUT2D eigenvalue weighted by Gasteiger charge is -2.25. The van der Waals surface area contributed by atoms with Crippen molar-refractivity contribution in [2.24, 2.45) is 11.8 Å². The zero-order valence-corrected chi connectivity index (χ0v) is 13.6. The van der Waals surface area contributed by atoms with Gasteiger partial charge in [0.2, 0.25) is 0 Å². The molecule has 6 nitrogen and oxygen atoms in total. The highest BCUT2D eigenvalue weighted by atomic mass is 32.1. The number of fused-ring (bicyclic) bond motifs is 2. The second-order valence-corrected chi connectivity index (χ2v) is 6.91. The molecule has 7 heteroatoms. The van der Waals surface area contributed by atoms with Gasteiger partial charge in [-0.05, 0) is 61.0 Å². The molecule has 2 fully saturated rings. The molecule has 0 saturated heterocycles. The number of benzene rings is 1. The molecule has 2 bridgehead atoms. The summed E-state index contributed by atoms with van der Waals surface area (Å²) in [5, 5.41) is 27.7. The summed E-state index contributed by atoms with van der Waals surface area (Å²) in [4.78, 5) is 10.2. The molecule has 1 aromatic rings. The number of thiocarbonyl (C=S) groups is 1. The van der Waals surface area contributed by atoms with E-state index in [9.17, 15) is 15.2 Å². The quantitative estimate of drug-likeness (QED) is 0.435. The molecule has 2 aliphatic carbocycles. The molecule has 0 aliphatic heterocycles. The molecule has 2 saturated carbocycles. The lowest BCUT2D eigenvalue weighted by molar-refractivity contribution is -0.384. The number of nitrogens with zero attached hydrogens (tertiary/aromatic N) is 1. The topological polar surface area (TPSA) is 87.4 Å². The van der Waals surface area contributed by atoms with Gasteiger partial charge in [0.15, 0.2) is 5.11 Å². The summed E-state index contributed by atoms with van der Waals surface area (Å²) < 4.78 is 0. The van der Waals surface area contributed by atoms with Gasteiger partial charge in [-0.25, -0.2) is 0 Å². The van der Waals surface area contributed by atoms with Gasteiger partial charge in [0.1, 0.15) is 0 Å². The van der Waals surface area contributed by atoms with Crippen LogP contribution in [0.2, 0.25) is 0 Å². The van der Waals surface area contributed by atoms with Crippen molar-refractivity contribution >= 4 is 23.0 Å². The van der Waals surface area contributed by atoms with Crippen molar-refractivity contribution in [2.45, 2.75) is 37.8 Å². The summed E-state index contributed by atoms with van der Waals surface area (Å²) in [6.07, 6.45) is 4.39. The van der Waals surface area contributed by atoms with Crippen LogP contribution in [0.3, 0.4) is 0 Å². The van der Waals surface area contributed by atoms with E-state index in [4.69, 9.17) is 12.2 Å². The molecule has 0 unspecified atom stereocenters. The maximum atomic E-state index is 10.6. The second-order valence-electron chi connectivity index (χ2n) is 6.50. The van der Waals surface area contributed by atoms with Crippen LogP contribution in [-0.2, 0) is 0 Å². The maximum absolute atomic E-state index is 10.6. The fourth-order valence-electron chi connectivity index (χ4n) is 3.77. The van der Waals surface area contributed by atoms with E-state index in [-0.39, 0.29) is 12.2 Å². The molecule has 2 aliphatic rings. The molecule has 0 heterocycles. The number of rotatable bonds is 5. The molecular weight excluding hydrogens is 314 g/mol. The zero-order chi connectivity index (χ0) is 16.4. The Labute approximate surface area is 140 Å². The minimum absolute atomic E-state index is 0.0161. The summed E-state index contributed by atoms with van der Waals surface area (Å²) >= 11 is 5.31. The van der Waals surface area contributed by atoms with Crippen molar-refractivity contribution in [3.63, 3.8) is 0 Å². The van der Waals surface area contributed by atoms with Crippen LogP contribution < -0.4 is 10.6 Å². The van der Waals surface area contributed by atoms with E-state index in [1.54, 1.807) is 12.1 Å². The van der Waals surface area contributed by atoms with Gasteiger partial charge in [0.25, 0.3) is 5.69 Å². The van der Waals surface area contributed by atoms with Crippen LogP contribution in [0, 0.1) is 22.0 Å². The van der Waals surface area contributed by atoms with Crippen molar-refractivity contribution < 1.29 is 10.0 Å². The minimum Gasteiger partial charge on any atom is -0.387 e. The van der Waals surface area contributed by atoms with Gasteiger partial charge in [-0.1, -0.05) is 6.42 Å². The Kier molecular flexibility index (Phi) is 4.77. The number of nitro groups is 1. The molecule has 1 aromatic carbocycles. The average Bonchev–Trinajstić information content (AvgIpc) is 3.15. The van der Waals surface area contributed by atoms with E-state index >= 15 is 0 Å². The van der Waals surface area contributed by atoms with E-state index < -0.39 is 11.0 Å². The normalized spacial score (nSPS) is 26.7. The Morgan fingerprint density at radius 3 is 2.65 bits per heavy atom. The molecule has 3 N–H and O–H groups in total. The summed E-state index contributed by atoms with van der Waals surface area (Å²) in [5.74, 6) is 1.59. The van der Waals surface area contributed by atoms with Crippen molar-refractivity contribution in [3.8, 4) is 0 Å². The molecule has 23 heavy (non-hydrogen) atoms. The van der Waals surface area contributed by atoms with Crippen LogP contribution in [-0.4, -0.2) is 27.7 Å². The average molecular weight is 335 g/mol. The first-order valence-corrected chi connectivity index (χ1v) is 8.40. The summed E-state index contributed by atoms with van der Waals surface area (Å²) in [6, 6.07) is 6.38. The smallest absolute Gasteiger partial charge is 0.269 e. The van der Waals surface area contributed by atoms with Crippen LogP contribution in [0.4, 0.5) is 5.69 Å². The number of nitrogens with one attached hydrogen (secondary N) is 2. The second kappa shape index (κ2) is 6.80. The maximum Gasteiger partial charge on any atom is 0.269 e. The predicted molar refractivity (Wildman–Crippen MR) is 91.0 cm³/mol. The van der Waals surface area contributed by atoms with Crippen LogP contribution in [0.5, 0.6) is 0 Å². The standard InChI is InChI=1S/C16H21N3O3S/c20-15(11-3-5-13(6-4-11)19(21)22)9-17-16(23)18-14-8-10-1-2-12(14)7-10/h3-6,10,12,14-15,20H,1-2,7-9H2,(H2,17,18,23)/t10-,12-,14-,15+/m0/s1. The summed E-state index contributed by atoms with van der Waals surface area (Å²) in [7, 11) is 0. The Hall–Kier alpha value is -1.73. The van der Waals surface area contributed by atoms with E-state index in [1.807, 2.05) is 0 Å². The number of aliphatic hydroxyl groups is 1. The lowest BCUT2D eigenvalue weighted by atomic mass is 9.96. The lowest BCUT2D eigenvalue weighted by Crippen LogP contribution is -2.45. The third-order valence-corrected chi connectivity index (χ3v) is 5.26. The predicted octanol–water partition coefficient (Wildman–Crippen LogP) is 2.28. The van der Waals surface area contributed by atoms with Gasteiger partial charge in [-0.2, -0.15) is 0 Å². The zero-order valence-electron chi connectivity index (χ0n) is 12.8. The molecule has 124 valence electrons. The third-order valence-electron chi connectivity index (χ3n) is 5.00. The fourth-order valence-corrected chi connectivity index (χ4v) is 4.00. The van der Waals surface area contributed by atoms with Gasteiger partial charge in [0, 0.05) is 24.7 Å². The Morgan fingerprint density at radius 1 is 1.35 bits per heavy atom. The number of nitro benzene ring substituents is 1. The molecule has 0 amide bonds. The Morgan fingerprint density at radius 2 is 2.09 bits per heavy atom. The van der Waals surface area contributed by atoms with Gasteiger partial charge < -0.3 is 15.7 Å². The number of non-ortho nitro benzene ring substituents is 1. The molecule has 0 spiro atoms. The van der Waals surface area contributed by atoms with Crippen molar-refractivity contribution in [2.75, 3.05) is 6.54 Å². The first-order chi connectivity index (χ1) is 11.0.